The van der Waals surface area contributed by atoms with Crippen LogP contribution in [0.1, 0.15) is 49.7 Å². The van der Waals surface area contributed by atoms with Gasteiger partial charge < -0.3 is 10.8 Å². The molecule has 0 saturated heterocycles. The second kappa shape index (κ2) is 6.75. The lowest BCUT2D eigenvalue weighted by molar-refractivity contribution is -0.00342. The number of aliphatic hydroxyl groups is 1. The molecule has 0 heterocycles. The molecule has 2 nitrogen and oxygen atoms in total. The Morgan fingerprint density at radius 3 is 2.74 bits per heavy atom. The van der Waals surface area contributed by atoms with E-state index in [1.54, 1.807) is 0 Å². The van der Waals surface area contributed by atoms with Crippen LogP contribution in [0.4, 0.5) is 0 Å². The quantitative estimate of drug-likeness (QED) is 0.818. The maximum Gasteiger partial charge on any atom is 0.0651 e. The van der Waals surface area contributed by atoms with Gasteiger partial charge in [0.25, 0.3) is 0 Å². The van der Waals surface area contributed by atoms with Gasteiger partial charge in [0.15, 0.2) is 0 Å². The lowest BCUT2D eigenvalue weighted by Gasteiger charge is -2.32. The van der Waals surface area contributed by atoms with Crippen molar-refractivity contribution in [2.24, 2.45) is 5.73 Å². The summed E-state index contributed by atoms with van der Waals surface area (Å²) in [5.41, 5.74) is 7.21. The second-order valence-electron chi connectivity index (χ2n) is 5.49. The minimum atomic E-state index is -0.433. The highest BCUT2D eigenvalue weighted by Gasteiger charge is 2.28. The zero-order chi connectivity index (χ0) is 13.6. The van der Waals surface area contributed by atoms with Gasteiger partial charge in [0.05, 0.1) is 12.1 Å². The first-order chi connectivity index (χ1) is 9.22. The Balaban J connectivity index is 1.95. The molecule has 0 radical (unpaired) electrons. The standard InChI is InChI=1S/C17H23NO/c18-13-5-8-15-6-4-7-16(14-15)9-12-17(19)10-2-1-3-11-17/h4,6-7,14,19H,1-3,9-13,18H2. The predicted octanol–water partition coefficient (Wildman–Crippen LogP) is 2.62. The van der Waals surface area contributed by atoms with E-state index in [9.17, 15) is 5.11 Å². The Morgan fingerprint density at radius 1 is 1.21 bits per heavy atom. The third kappa shape index (κ3) is 4.38. The highest BCUT2D eigenvalue weighted by molar-refractivity contribution is 5.37. The molecule has 0 amide bonds. The fourth-order valence-electron chi connectivity index (χ4n) is 2.79. The normalized spacial score (nSPS) is 17.6. The van der Waals surface area contributed by atoms with E-state index < -0.39 is 5.60 Å². The minimum Gasteiger partial charge on any atom is -0.390 e. The van der Waals surface area contributed by atoms with Crippen LogP contribution in [0, 0.1) is 11.8 Å². The van der Waals surface area contributed by atoms with Crippen molar-refractivity contribution >= 4 is 0 Å². The smallest absolute Gasteiger partial charge is 0.0651 e. The van der Waals surface area contributed by atoms with Crippen LogP contribution in [0.2, 0.25) is 0 Å². The van der Waals surface area contributed by atoms with Crippen LogP contribution in [0.15, 0.2) is 24.3 Å². The van der Waals surface area contributed by atoms with Crippen molar-refractivity contribution in [3.05, 3.63) is 35.4 Å². The highest BCUT2D eigenvalue weighted by atomic mass is 16.3. The molecule has 19 heavy (non-hydrogen) atoms. The minimum absolute atomic E-state index is 0.393. The van der Waals surface area contributed by atoms with Crippen LogP contribution in [0.5, 0.6) is 0 Å². The molecule has 1 aromatic carbocycles. The molecule has 0 aromatic heterocycles. The van der Waals surface area contributed by atoms with Gasteiger partial charge in [-0.05, 0) is 43.4 Å². The number of hydrogen-bond acceptors (Lipinski definition) is 2. The molecule has 0 atom stereocenters. The summed E-state index contributed by atoms with van der Waals surface area (Å²) in [4.78, 5) is 0. The topological polar surface area (TPSA) is 46.2 Å². The van der Waals surface area contributed by atoms with Gasteiger partial charge in [0, 0.05) is 5.56 Å². The van der Waals surface area contributed by atoms with Gasteiger partial charge in [-0.25, -0.2) is 0 Å². The van der Waals surface area contributed by atoms with Crippen molar-refractivity contribution < 1.29 is 5.11 Å². The molecule has 0 unspecified atom stereocenters. The largest absolute Gasteiger partial charge is 0.390 e. The summed E-state index contributed by atoms with van der Waals surface area (Å²) in [6.07, 6.45) is 7.30. The summed E-state index contributed by atoms with van der Waals surface area (Å²) < 4.78 is 0. The Labute approximate surface area is 116 Å². The molecular formula is C17H23NO. The van der Waals surface area contributed by atoms with Gasteiger partial charge in [-0.15, -0.1) is 0 Å². The molecule has 0 spiro atoms. The monoisotopic (exact) mass is 257 g/mol. The van der Waals surface area contributed by atoms with Crippen molar-refractivity contribution in [2.75, 3.05) is 6.54 Å². The molecule has 0 bridgehead atoms. The Bertz CT molecular complexity index is 464. The van der Waals surface area contributed by atoms with Crippen molar-refractivity contribution in [2.45, 2.75) is 50.5 Å². The molecule has 1 aliphatic rings. The van der Waals surface area contributed by atoms with E-state index in [-0.39, 0.29) is 0 Å². The lowest BCUT2D eigenvalue weighted by atomic mass is 9.81. The first-order valence-corrected chi connectivity index (χ1v) is 7.22. The molecule has 1 aromatic rings. The van der Waals surface area contributed by atoms with Crippen LogP contribution >= 0.6 is 0 Å². The maximum atomic E-state index is 10.5. The Kier molecular flexibility index (Phi) is 5.01. The lowest BCUT2D eigenvalue weighted by Crippen LogP contribution is -2.31. The van der Waals surface area contributed by atoms with E-state index in [4.69, 9.17) is 5.73 Å². The van der Waals surface area contributed by atoms with Gasteiger partial charge in [0.2, 0.25) is 0 Å². The van der Waals surface area contributed by atoms with E-state index in [1.165, 1.54) is 24.8 Å². The zero-order valence-corrected chi connectivity index (χ0v) is 11.5. The SMILES string of the molecule is NCC#Cc1cccc(CCC2(O)CCCCC2)c1. The molecule has 1 aliphatic carbocycles. The molecule has 1 fully saturated rings. The third-order valence-corrected chi connectivity index (χ3v) is 3.93. The number of aryl methyl sites for hydroxylation is 1. The van der Waals surface area contributed by atoms with E-state index in [1.807, 2.05) is 12.1 Å². The maximum absolute atomic E-state index is 10.5. The van der Waals surface area contributed by atoms with Crippen LogP contribution < -0.4 is 5.73 Å². The first-order valence-electron chi connectivity index (χ1n) is 7.22. The summed E-state index contributed by atoms with van der Waals surface area (Å²) in [5, 5.41) is 10.5. The van der Waals surface area contributed by atoms with Crippen molar-refractivity contribution in [3.8, 4) is 11.8 Å². The Hall–Kier alpha value is -1.30. The van der Waals surface area contributed by atoms with Crippen molar-refractivity contribution in [3.63, 3.8) is 0 Å². The van der Waals surface area contributed by atoms with Gasteiger partial charge in [0.1, 0.15) is 0 Å². The molecule has 102 valence electrons. The van der Waals surface area contributed by atoms with Gasteiger partial charge in [-0.2, -0.15) is 0 Å². The molecule has 0 aliphatic heterocycles. The van der Waals surface area contributed by atoms with Crippen LogP contribution in [0.3, 0.4) is 0 Å². The summed E-state index contributed by atoms with van der Waals surface area (Å²) >= 11 is 0. The average molecular weight is 257 g/mol. The van der Waals surface area contributed by atoms with Gasteiger partial charge in [-0.3, -0.25) is 0 Å². The van der Waals surface area contributed by atoms with E-state index in [0.717, 1.165) is 31.2 Å². The highest BCUT2D eigenvalue weighted by Crippen LogP contribution is 2.31. The van der Waals surface area contributed by atoms with Gasteiger partial charge in [-0.1, -0.05) is 43.2 Å². The third-order valence-electron chi connectivity index (χ3n) is 3.93. The fraction of sp³-hybridized carbons (Fsp3) is 0.529. The zero-order valence-electron chi connectivity index (χ0n) is 11.5. The molecule has 2 heteroatoms. The summed E-state index contributed by atoms with van der Waals surface area (Å²) in [7, 11) is 0. The number of hydrogen-bond donors (Lipinski definition) is 2. The number of benzene rings is 1. The Morgan fingerprint density at radius 2 is 2.00 bits per heavy atom. The second-order valence-corrected chi connectivity index (χ2v) is 5.49. The number of rotatable bonds is 3. The molecule has 1 saturated carbocycles. The van der Waals surface area contributed by atoms with Gasteiger partial charge >= 0.3 is 0 Å². The molecular weight excluding hydrogens is 234 g/mol. The van der Waals surface area contributed by atoms with Crippen LogP contribution in [0.25, 0.3) is 0 Å². The fourth-order valence-corrected chi connectivity index (χ4v) is 2.79. The first kappa shape index (κ1) is 14.1. The van der Waals surface area contributed by atoms with Crippen molar-refractivity contribution in [1.29, 1.82) is 0 Å². The van der Waals surface area contributed by atoms with Crippen molar-refractivity contribution in [1.82, 2.24) is 0 Å². The average Bonchev–Trinajstić information content (AvgIpc) is 2.44. The molecule has 3 N–H and O–H groups in total. The van der Waals surface area contributed by atoms with E-state index in [0.29, 0.717) is 6.54 Å². The van der Waals surface area contributed by atoms with E-state index in [2.05, 4.69) is 24.0 Å². The number of nitrogens with two attached hydrogens (primary N) is 1. The molecule has 2 rings (SSSR count). The van der Waals surface area contributed by atoms with E-state index >= 15 is 0 Å². The summed E-state index contributed by atoms with van der Waals surface area (Å²) in [6, 6.07) is 8.25. The van der Waals surface area contributed by atoms with Crippen LogP contribution in [-0.4, -0.2) is 17.3 Å². The van der Waals surface area contributed by atoms with Crippen LogP contribution in [-0.2, 0) is 6.42 Å². The summed E-state index contributed by atoms with van der Waals surface area (Å²) in [6.45, 7) is 0.393. The summed E-state index contributed by atoms with van der Waals surface area (Å²) in [5.74, 6) is 5.93. The predicted molar refractivity (Wildman–Crippen MR) is 78.7 cm³/mol.